The monoisotopic (exact) mass is 360 g/mol. The van der Waals surface area contributed by atoms with Crippen molar-refractivity contribution >= 4 is 15.9 Å². The first-order valence-corrected chi connectivity index (χ1v) is 10.7. The van der Waals surface area contributed by atoms with Crippen LogP contribution in [0.4, 0.5) is 0 Å². The van der Waals surface area contributed by atoms with Crippen LogP contribution in [0.25, 0.3) is 0 Å². The third-order valence-corrected chi connectivity index (χ3v) is 7.01. The first kappa shape index (κ1) is 19.6. The highest BCUT2D eigenvalue weighted by molar-refractivity contribution is 7.89. The predicted octanol–water partition coefficient (Wildman–Crippen LogP) is -0.198. The van der Waals surface area contributed by atoms with Crippen molar-refractivity contribution < 1.29 is 13.2 Å². The molecule has 0 radical (unpaired) electrons. The van der Waals surface area contributed by atoms with Gasteiger partial charge in [-0.3, -0.25) is 4.79 Å². The van der Waals surface area contributed by atoms with Gasteiger partial charge in [0.15, 0.2) is 0 Å². The molecule has 24 heavy (non-hydrogen) atoms. The third kappa shape index (κ3) is 5.68. The third-order valence-electron chi connectivity index (χ3n) is 5.13. The van der Waals surface area contributed by atoms with Gasteiger partial charge in [-0.15, -0.1) is 0 Å². The average molecular weight is 361 g/mol. The topological polar surface area (TPSA) is 73.0 Å². The summed E-state index contributed by atoms with van der Waals surface area (Å²) in [6, 6.07) is 0. The fraction of sp³-hybridized carbons (Fsp3) is 0.938. The van der Waals surface area contributed by atoms with Gasteiger partial charge in [-0.1, -0.05) is 0 Å². The van der Waals surface area contributed by atoms with Gasteiger partial charge < -0.3 is 15.1 Å². The molecular weight excluding hydrogens is 328 g/mol. The van der Waals surface area contributed by atoms with Crippen LogP contribution in [0.3, 0.4) is 0 Å². The maximum Gasteiger partial charge on any atom is 0.223 e. The van der Waals surface area contributed by atoms with Crippen LogP contribution in [0.1, 0.15) is 26.2 Å². The largest absolute Gasteiger partial charge is 0.356 e. The number of rotatable bonds is 7. The van der Waals surface area contributed by atoms with E-state index in [1.165, 1.54) is 4.31 Å². The Morgan fingerprint density at radius 3 is 2.29 bits per heavy atom. The molecule has 0 aromatic rings. The highest BCUT2D eigenvalue weighted by Crippen LogP contribution is 2.19. The molecule has 2 aliphatic rings. The van der Waals surface area contributed by atoms with Crippen LogP contribution < -0.4 is 5.32 Å². The summed E-state index contributed by atoms with van der Waals surface area (Å²) in [4.78, 5) is 17.0. The summed E-state index contributed by atoms with van der Waals surface area (Å²) in [5, 5.41) is 3.02. The molecule has 2 aliphatic heterocycles. The average Bonchev–Trinajstić information content (AvgIpc) is 2.60. The van der Waals surface area contributed by atoms with Gasteiger partial charge in [0.2, 0.25) is 15.9 Å². The molecule has 0 aliphatic carbocycles. The summed E-state index contributed by atoms with van der Waals surface area (Å²) in [5.74, 6) is 0.176. The van der Waals surface area contributed by atoms with Crippen molar-refractivity contribution in [3.8, 4) is 0 Å². The highest BCUT2D eigenvalue weighted by Gasteiger charge is 2.29. The smallest absolute Gasteiger partial charge is 0.223 e. The maximum absolute atomic E-state index is 12.2. The van der Waals surface area contributed by atoms with Crippen LogP contribution in [-0.4, -0.2) is 93.6 Å². The lowest BCUT2D eigenvalue weighted by molar-refractivity contribution is -0.126. The number of amides is 1. The number of hydrogen-bond acceptors (Lipinski definition) is 5. The quantitative estimate of drug-likeness (QED) is 0.637. The second-order valence-corrected chi connectivity index (χ2v) is 9.12. The number of carbonyl (C=O) groups is 1. The molecule has 7 nitrogen and oxygen atoms in total. The molecule has 0 bridgehead atoms. The SMILES string of the molecule is CCS(=O)(=O)N1CCC(C(=O)NCCCN2CCN(C)CC2)CC1. The molecule has 0 unspecified atom stereocenters. The molecule has 0 aromatic carbocycles. The summed E-state index contributed by atoms with van der Waals surface area (Å²) < 4.78 is 25.2. The number of carbonyl (C=O) groups excluding carboxylic acids is 1. The summed E-state index contributed by atoms with van der Waals surface area (Å²) >= 11 is 0. The minimum absolute atomic E-state index is 0.0445. The van der Waals surface area contributed by atoms with Crippen molar-refractivity contribution in [3.63, 3.8) is 0 Å². The first-order valence-electron chi connectivity index (χ1n) is 9.09. The Morgan fingerprint density at radius 2 is 1.71 bits per heavy atom. The Morgan fingerprint density at radius 1 is 1.08 bits per heavy atom. The molecule has 0 spiro atoms. The Labute approximate surface area is 146 Å². The summed E-state index contributed by atoms with van der Waals surface area (Å²) in [6.45, 7) is 8.78. The van der Waals surface area contributed by atoms with E-state index in [-0.39, 0.29) is 17.6 Å². The maximum atomic E-state index is 12.2. The van der Waals surface area contributed by atoms with Gasteiger partial charge >= 0.3 is 0 Å². The zero-order chi connectivity index (χ0) is 17.6. The van der Waals surface area contributed by atoms with Crippen LogP contribution in [-0.2, 0) is 14.8 Å². The molecule has 0 atom stereocenters. The number of nitrogens with one attached hydrogen (secondary N) is 1. The minimum atomic E-state index is -3.11. The number of sulfonamides is 1. The Hall–Kier alpha value is -0.700. The van der Waals surface area contributed by atoms with Crippen LogP contribution in [0, 0.1) is 5.92 Å². The molecule has 2 fully saturated rings. The van der Waals surface area contributed by atoms with Crippen LogP contribution >= 0.6 is 0 Å². The second kappa shape index (κ2) is 9.12. The number of likely N-dealkylation sites (N-methyl/N-ethyl adjacent to an activating group) is 1. The second-order valence-electron chi connectivity index (χ2n) is 6.86. The highest BCUT2D eigenvalue weighted by atomic mass is 32.2. The lowest BCUT2D eigenvalue weighted by Crippen LogP contribution is -2.45. The van der Waals surface area contributed by atoms with Crippen molar-refractivity contribution in [2.45, 2.75) is 26.2 Å². The van der Waals surface area contributed by atoms with Gasteiger partial charge in [-0.2, -0.15) is 0 Å². The van der Waals surface area contributed by atoms with Crippen LogP contribution in [0.2, 0.25) is 0 Å². The predicted molar refractivity (Wildman–Crippen MR) is 95.3 cm³/mol. The van der Waals surface area contributed by atoms with Gasteiger partial charge in [-0.05, 0) is 39.8 Å². The molecule has 8 heteroatoms. The van der Waals surface area contributed by atoms with E-state index in [2.05, 4.69) is 22.2 Å². The normalized spacial score (nSPS) is 22.6. The lowest BCUT2D eigenvalue weighted by atomic mass is 9.97. The van der Waals surface area contributed by atoms with E-state index in [1.54, 1.807) is 6.92 Å². The Bertz CT molecular complexity index is 495. The molecule has 2 rings (SSSR count). The zero-order valence-electron chi connectivity index (χ0n) is 15.0. The van der Waals surface area contributed by atoms with Gasteiger partial charge in [-0.25, -0.2) is 12.7 Å². The molecule has 2 saturated heterocycles. The van der Waals surface area contributed by atoms with Crippen molar-refractivity contribution in [2.24, 2.45) is 5.92 Å². The molecule has 0 aromatic heterocycles. The number of piperazine rings is 1. The summed E-state index contributed by atoms with van der Waals surface area (Å²) in [7, 11) is -0.968. The zero-order valence-corrected chi connectivity index (χ0v) is 15.9. The standard InChI is InChI=1S/C16H32N4O3S/c1-3-24(22,23)20-9-5-15(6-10-20)16(21)17-7-4-8-19-13-11-18(2)12-14-19/h15H,3-14H2,1-2H3,(H,17,21). The number of hydrogen-bond donors (Lipinski definition) is 1. The van der Waals surface area contributed by atoms with Gasteiger partial charge in [0, 0.05) is 51.7 Å². The molecular formula is C16H32N4O3S. The Balaban J connectivity index is 1.60. The van der Waals surface area contributed by atoms with E-state index < -0.39 is 10.0 Å². The van der Waals surface area contributed by atoms with Crippen molar-refractivity contribution in [1.82, 2.24) is 19.4 Å². The molecule has 0 saturated carbocycles. The van der Waals surface area contributed by atoms with E-state index >= 15 is 0 Å². The first-order chi connectivity index (χ1) is 11.4. The van der Waals surface area contributed by atoms with E-state index in [0.29, 0.717) is 32.5 Å². The van der Waals surface area contributed by atoms with Crippen molar-refractivity contribution in [3.05, 3.63) is 0 Å². The molecule has 2 heterocycles. The van der Waals surface area contributed by atoms with E-state index in [4.69, 9.17) is 0 Å². The van der Waals surface area contributed by atoms with Gasteiger partial charge in [0.25, 0.3) is 0 Å². The van der Waals surface area contributed by atoms with Crippen molar-refractivity contribution in [1.29, 1.82) is 0 Å². The van der Waals surface area contributed by atoms with E-state index in [1.807, 2.05) is 0 Å². The molecule has 1 amide bonds. The summed E-state index contributed by atoms with van der Waals surface area (Å²) in [5.41, 5.74) is 0. The number of nitrogens with zero attached hydrogens (tertiary/aromatic N) is 3. The van der Waals surface area contributed by atoms with Gasteiger partial charge in [0.1, 0.15) is 0 Å². The molecule has 1 N–H and O–H groups in total. The fourth-order valence-corrected chi connectivity index (χ4v) is 4.44. The fourth-order valence-electron chi connectivity index (χ4n) is 3.31. The lowest BCUT2D eigenvalue weighted by Gasteiger charge is -2.32. The van der Waals surface area contributed by atoms with Crippen molar-refractivity contribution in [2.75, 3.05) is 65.2 Å². The summed E-state index contributed by atoms with van der Waals surface area (Å²) in [6.07, 6.45) is 2.23. The van der Waals surface area contributed by atoms with E-state index in [9.17, 15) is 13.2 Å². The van der Waals surface area contributed by atoms with Crippen LogP contribution in [0.5, 0.6) is 0 Å². The van der Waals surface area contributed by atoms with Crippen LogP contribution in [0.15, 0.2) is 0 Å². The Kier molecular flexibility index (Phi) is 7.46. The van der Waals surface area contributed by atoms with Gasteiger partial charge in [0.05, 0.1) is 5.75 Å². The van der Waals surface area contributed by atoms with E-state index in [0.717, 1.165) is 39.1 Å². The number of piperidine rings is 1. The minimum Gasteiger partial charge on any atom is -0.356 e. The molecule has 140 valence electrons.